The van der Waals surface area contributed by atoms with Crippen LogP contribution in [0.1, 0.15) is 27.1 Å². The Morgan fingerprint density at radius 2 is 1.47 bits per heavy atom. The summed E-state index contributed by atoms with van der Waals surface area (Å²) in [7, 11) is 0. The van der Waals surface area contributed by atoms with Gasteiger partial charge in [-0.05, 0) is 42.7 Å². The zero-order chi connectivity index (χ0) is 21.1. The summed E-state index contributed by atoms with van der Waals surface area (Å²) < 4.78 is 0. The SMILES string of the molecule is CSCC[C@H](C(=O)N1CCN(c2ccccc2)CC1)N1C(=O)c2ccccc2C1=O. The van der Waals surface area contributed by atoms with Gasteiger partial charge in [0, 0.05) is 31.9 Å². The molecule has 0 saturated carbocycles. The van der Waals surface area contributed by atoms with Crippen molar-refractivity contribution in [3.8, 4) is 0 Å². The second kappa shape index (κ2) is 8.92. The number of piperazine rings is 1. The Bertz CT molecular complexity index is 907. The van der Waals surface area contributed by atoms with Gasteiger partial charge in [0.1, 0.15) is 6.04 Å². The topological polar surface area (TPSA) is 60.9 Å². The summed E-state index contributed by atoms with van der Waals surface area (Å²) in [6, 6.07) is 16.2. The van der Waals surface area contributed by atoms with Crippen LogP contribution < -0.4 is 4.90 Å². The monoisotopic (exact) mass is 423 g/mol. The van der Waals surface area contributed by atoms with Crippen LogP contribution in [0.5, 0.6) is 0 Å². The van der Waals surface area contributed by atoms with Crippen LogP contribution in [0.15, 0.2) is 54.6 Å². The molecule has 156 valence electrons. The minimum Gasteiger partial charge on any atom is -0.368 e. The molecule has 1 saturated heterocycles. The Kier molecular flexibility index (Phi) is 6.08. The highest BCUT2D eigenvalue weighted by Gasteiger charge is 2.43. The fraction of sp³-hybridized carbons (Fsp3) is 0.348. The molecular weight excluding hydrogens is 398 g/mol. The van der Waals surface area contributed by atoms with Crippen molar-refractivity contribution in [2.24, 2.45) is 0 Å². The van der Waals surface area contributed by atoms with Crippen molar-refractivity contribution in [2.75, 3.05) is 43.1 Å². The molecule has 2 aliphatic heterocycles. The number of hydrogen-bond acceptors (Lipinski definition) is 5. The van der Waals surface area contributed by atoms with E-state index in [9.17, 15) is 14.4 Å². The third kappa shape index (κ3) is 3.81. The normalized spacial score (nSPS) is 17.3. The van der Waals surface area contributed by atoms with Crippen LogP contribution in [0, 0.1) is 0 Å². The predicted octanol–water partition coefficient (Wildman–Crippen LogP) is 2.75. The number of para-hydroxylation sites is 1. The molecule has 7 heteroatoms. The summed E-state index contributed by atoms with van der Waals surface area (Å²) in [6.07, 6.45) is 2.42. The number of benzene rings is 2. The molecular formula is C23H25N3O3S. The molecule has 0 radical (unpaired) electrons. The van der Waals surface area contributed by atoms with Gasteiger partial charge in [-0.1, -0.05) is 30.3 Å². The van der Waals surface area contributed by atoms with E-state index in [1.165, 1.54) is 4.90 Å². The molecule has 30 heavy (non-hydrogen) atoms. The molecule has 1 fully saturated rings. The third-order valence-corrected chi connectivity index (χ3v) is 6.37. The first-order chi connectivity index (χ1) is 14.6. The number of hydrogen-bond donors (Lipinski definition) is 0. The van der Waals surface area contributed by atoms with Crippen LogP contribution in [0.3, 0.4) is 0 Å². The summed E-state index contributed by atoms with van der Waals surface area (Å²) in [5.74, 6) is -0.157. The van der Waals surface area contributed by atoms with E-state index in [0.717, 1.165) is 18.8 Å². The number of rotatable bonds is 6. The standard InChI is InChI=1S/C23H25N3O3S/c1-30-16-11-20(26-21(27)18-9-5-6-10-19(18)22(26)28)23(29)25-14-12-24(13-15-25)17-7-3-2-4-8-17/h2-10,20H,11-16H2,1H3/t20-/m1/s1. The smallest absolute Gasteiger partial charge is 0.262 e. The quantitative estimate of drug-likeness (QED) is 0.669. The number of nitrogens with zero attached hydrogens (tertiary/aromatic N) is 3. The Morgan fingerprint density at radius 1 is 0.900 bits per heavy atom. The molecule has 1 atom stereocenters. The Balaban J connectivity index is 1.50. The number of imide groups is 1. The minimum atomic E-state index is -0.756. The average Bonchev–Trinajstić information content (AvgIpc) is 3.05. The van der Waals surface area contributed by atoms with Gasteiger partial charge in [0.05, 0.1) is 11.1 Å². The lowest BCUT2D eigenvalue weighted by atomic mass is 10.1. The Hall–Kier alpha value is -2.80. The molecule has 4 rings (SSSR count). The first kappa shape index (κ1) is 20.5. The highest BCUT2D eigenvalue weighted by molar-refractivity contribution is 7.98. The van der Waals surface area contributed by atoms with Crippen LogP contribution >= 0.6 is 11.8 Å². The predicted molar refractivity (Wildman–Crippen MR) is 119 cm³/mol. The van der Waals surface area contributed by atoms with Gasteiger partial charge in [-0.3, -0.25) is 19.3 Å². The van der Waals surface area contributed by atoms with E-state index in [0.29, 0.717) is 36.4 Å². The van der Waals surface area contributed by atoms with Gasteiger partial charge in [-0.25, -0.2) is 0 Å². The van der Waals surface area contributed by atoms with Crippen LogP contribution in [0.4, 0.5) is 5.69 Å². The van der Waals surface area contributed by atoms with Crippen molar-refractivity contribution in [1.29, 1.82) is 0 Å². The van der Waals surface area contributed by atoms with Crippen molar-refractivity contribution < 1.29 is 14.4 Å². The van der Waals surface area contributed by atoms with Gasteiger partial charge in [-0.15, -0.1) is 0 Å². The highest BCUT2D eigenvalue weighted by atomic mass is 32.2. The summed E-state index contributed by atoms with van der Waals surface area (Å²) in [5, 5.41) is 0. The number of amides is 3. The average molecular weight is 424 g/mol. The molecule has 2 aromatic carbocycles. The summed E-state index contributed by atoms with van der Waals surface area (Å²) in [4.78, 5) is 44.6. The van der Waals surface area contributed by atoms with E-state index < -0.39 is 6.04 Å². The molecule has 0 aliphatic carbocycles. The maximum Gasteiger partial charge on any atom is 0.262 e. The lowest BCUT2D eigenvalue weighted by Crippen LogP contribution is -2.56. The van der Waals surface area contributed by atoms with Gasteiger partial charge in [0.15, 0.2) is 0 Å². The van der Waals surface area contributed by atoms with Crippen molar-refractivity contribution in [3.05, 3.63) is 65.7 Å². The Labute approximate surface area is 180 Å². The third-order valence-electron chi connectivity index (χ3n) is 5.73. The molecule has 2 aromatic rings. The van der Waals surface area contributed by atoms with Gasteiger partial charge in [-0.2, -0.15) is 11.8 Å². The van der Waals surface area contributed by atoms with Gasteiger partial charge < -0.3 is 9.80 Å². The first-order valence-corrected chi connectivity index (χ1v) is 11.6. The van der Waals surface area contributed by atoms with Gasteiger partial charge in [0.2, 0.25) is 5.91 Å². The van der Waals surface area contributed by atoms with Crippen molar-refractivity contribution in [1.82, 2.24) is 9.80 Å². The molecule has 0 aromatic heterocycles. The second-order valence-electron chi connectivity index (χ2n) is 7.47. The zero-order valence-corrected chi connectivity index (χ0v) is 17.8. The summed E-state index contributed by atoms with van der Waals surface area (Å²) >= 11 is 1.61. The minimum absolute atomic E-state index is 0.133. The number of anilines is 1. The van der Waals surface area contributed by atoms with Crippen molar-refractivity contribution in [2.45, 2.75) is 12.5 Å². The molecule has 2 aliphatic rings. The summed E-state index contributed by atoms with van der Waals surface area (Å²) in [5.41, 5.74) is 1.92. The second-order valence-corrected chi connectivity index (χ2v) is 8.46. The zero-order valence-electron chi connectivity index (χ0n) is 17.0. The highest BCUT2D eigenvalue weighted by Crippen LogP contribution is 2.27. The van der Waals surface area contributed by atoms with Crippen molar-refractivity contribution in [3.63, 3.8) is 0 Å². The number of fused-ring (bicyclic) bond motifs is 1. The van der Waals surface area contributed by atoms with Crippen LogP contribution in [0.2, 0.25) is 0 Å². The van der Waals surface area contributed by atoms with E-state index in [1.54, 1.807) is 40.9 Å². The van der Waals surface area contributed by atoms with Gasteiger partial charge >= 0.3 is 0 Å². The largest absolute Gasteiger partial charge is 0.368 e. The fourth-order valence-electron chi connectivity index (χ4n) is 4.12. The van der Waals surface area contributed by atoms with E-state index in [4.69, 9.17) is 0 Å². The molecule has 3 amide bonds. The van der Waals surface area contributed by atoms with Crippen LogP contribution in [-0.4, -0.2) is 71.8 Å². The fourth-order valence-corrected chi connectivity index (χ4v) is 4.58. The summed E-state index contributed by atoms with van der Waals surface area (Å²) in [6.45, 7) is 2.61. The Morgan fingerprint density at radius 3 is 2.03 bits per heavy atom. The first-order valence-electron chi connectivity index (χ1n) is 10.2. The van der Waals surface area contributed by atoms with Crippen molar-refractivity contribution >= 4 is 35.2 Å². The van der Waals surface area contributed by atoms with E-state index in [2.05, 4.69) is 17.0 Å². The molecule has 0 bridgehead atoms. The van der Waals surface area contributed by atoms with Crippen LogP contribution in [-0.2, 0) is 4.79 Å². The van der Waals surface area contributed by atoms with Crippen LogP contribution in [0.25, 0.3) is 0 Å². The van der Waals surface area contributed by atoms with E-state index in [1.807, 2.05) is 24.5 Å². The molecule has 2 heterocycles. The molecule has 0 N–H and O–H groups in total. The lowest BCUT2D eigenvalue weighted by molar-refractivity contribution is -0.135. The van der Waals surface area contributed by atoms with E-state index >= 15 is 0 Å². The molecule has 0 spiro atoms. The molecule has 0 unspecified atom stereocenters. The maximum absolute atomic E-state index is 13.4. The number of thioether (sulfide) groups is 1. The molecule has 6 nitrogen and oxygen atoms in total. The number of carbonyl (C=O) groups is 3. The maximum atomic E-state index is 13.4. The number of carbonyl (C=O) groups excluding carboxylic acids is 3. The lowest BCUT2D eigenvalue weighted by Gasteiger charge is -2.38. The van der Waals surface area contributed by atoms with Gasteiger partial charge in [0.25, 0.3) is 11.8 Å². The van der Waals surface area contributed by atoms with E-state index in [-0.39, 0.29) is 17.7 Å².